The topological polar surface area (TPSA) is 55.1 Å². The minimum Gasteiger partial charge on any atom is -0.323 e. The number of benzene rings is 1. The molecule has 1 rings (SSSR count). The maximum absolute atomic E-state index is 12.4. The van der Waals surface area contributed by atoms with E-state index in [0.717, 1.165) is 24.6 Å². The first-order valence-electron chi connectivity index (χ1n) is 5.69. The second kappa shape index (κ2) is 6.25. The lowest BCUT2D eigenvalue weighted by Gasteiger charge is -2.13. The van der Waals surface area contributed by atoms with Crippen LogP contribution in [-0.2, 0) is 11.0 Å². The van der Waals surface area contributed by atoms with Crippen molar-refractivity contribution < 1.29 is 18.0 Å². The average Bonchev–Trinajstić information content (AvgIpc) is 2.30. The Balaban J connectivity index is 2.84. The van der Waals surface area contributed by atoms with Gasteiger partial charge < -0.3 is 11.1 Å². The van der Waals surface area contributed by atoms with E-state index in [1.54, 1.807) is 0 Å². The van der Waals surface area contributed by atoms with E-state index in [4.69, 9.17) is 17.3 Å². The summed E-state index contributed by atoms with van der Waals surface area (Å²) in [5, 5.41) is 2.24. The highest BCUT2D eigenvalue weighted by atomic mass is 35.5. The zero-order valence-electron chi connectivity index (χ0n) is 10.2. The van der Waals surface area contributed by atoms with Crippen molar-refractivity contribution in [1.82, 2.24) is 0 Å². The Morgan fingerprint density at radius 3 is 2.58 bits per heavy atom. The highest BCUT2D eigenvalue weighted by Gasteiger charge is 2.31. The Kier molecular flexibility index (Phi) is 5.20. The highest BCUT2D eigenvalue weighted by molar-refractivity contribution is 6.33. The van der Waals surface area contributed by atoms with Crippen molar-refractivity contribution in [2.24, 2.45) is 5.73 Å². The zero-order chi connectivity index (χ0) is 14.6. The fourth-order valence-corrected chi connectivity index (χ4v) is 1.69. The number of alkyl halides is 3. The number of halogens is 4. The lowest BCUT2D eigenvalue weighted by atomic mass is 10.1. The summed E-state index contributed by atoms with van der Waals surface area (Å²) >= 11 is 5.71. The number of hydrogen-bond acceptors (Lipinski definition) is 2. The third-order valence-corrected chi connectivity index (χ3v) is 2.80. The summed E-state index contributed by atoms with van der Waals surface area (Å²) in [6.07, 6.45) is -3.25. The van der Waals surface area contributed by atoms with E-state index in [1.165, 1.54) is 0 Å². The van der Waals surface area contributed by atoms with Crippen molar-refractivity contribution in [2.75, 3.05) is 5.32 Å². The molecule has 7 heteroatoms. The Labute approximate surface area is 113 Å². The van der Waals surface area contributed by atoms with Crippen LogP contribution in [0.4, 0.5) is 18.9 Å². The van der Waals surface area contributed by atoms with Gasteiger partial charge in [-0.15, -0.1) is 0 Å². The number of nitrogens with two attached hydrogens (primary N) is 1. The Morgan fingerprint density at radius 1 is 1.47 bits per heavy atom. The molecular weight excluding hydrogens is 281 g/mol. The molecule has 0 radical (unpaired) electrons. The summed E-state index contributed by atoms with van der Waals surface area (Å²) in [5.41, 5.74) is 4.84. The van der Waals surface area contributed by atoms with Gasteiger partial charge in [0.05, 0.1) is 22.3 Å². The third-order valence-electron chi connectivity index (χ3n) is 2.49. The van der Waals surface area contributed by atoms with Crippen LogP contribution >= 0.6 is 11.6 Å². The van der Waals surface area contributed by atoms with Gasteiger partial charge in [-0.25, -0.2) is 0 Å². The van der Waals surface area contributed by atoms with Crippen LogP contribution in [0.5, 0.6) is 0 Å². The Hall–Kier alpha value is -1.27. The van der Waals surface area contributed by atoms with Gasteiger partial charge in [-0.2, -0.15) is 13.2 Å². The van der Waals surface area contributed by atoms with Gasteiger partial charge in [0.1, 0.15) is 0 Å². The minimum absolute atomic E-state index is 0.117. The third kappa shape index (κ3) is 4.40. The number of rotatable bonds is 4. The van der Waals surface area contributed by atoms with E-state index < -0.39 is 23.7 Å². The number of anilines is 1. The van der Waals surface area contributed by atoms with Gasteiger partial charge in [0.15, 0.2) is 0 Å². The van der Waals surface area contributed by atoms with E-state index >= 15 is 0 Å². The summed E-state index contributed by atoms with van der Waals surface area (Å²) in [6, 6.07) is 2.03. The molecule has 0 aromatic heterocycles. The van der Waals surface area contributed by atoms with E-state index in [9.17, 15) is 18.0 Å². The van der Waals surface area contributed by atoms with Crippen molar-refractivity contribution in [3.8, 4) is 0 Å². The largest absolute Gasteiger partial charge is 0.416 e. The van der Waals surface area contributed by atoms with Crippen LogP contribution < -0.4 is 11.1 Å². The van der Waals surface area contributed by atoms with E-state index in [1.807, 2.05) is 6.92 Å². The maximum Gasteiger partial charge on any atom is 0.416 e. The number of hydrogen-bond donors (Lipinski definition) is 2. The van der Waals surface area contributed by atoms with E-state index in [2.05, 4.69) is 5.32 Å². The fourth-order valence-electron chi connectivity index (χ4n) is 1.46. The molecule has 0 saturated carbocycles. The van der Waals surface area contributed by atoms with Crippen LogP contribution in [0.1, 0.15) is 25.3 Å². The standard InChI is InChI=1S/C12H14ClF3N2O/c1-2-3-9(17)11(19)18-10-5-4-7(6-8(10)13)12(14,15)16/h4-6,9H,2-3,17H2,1H3,(H,18,19). The van der Waals surface area contributed by atoms with Gasteiger partial charge in [0, 0.05) is 0 Å². The molecule has 0 aliphatic carbocycles. The van der Waals surface area contributed by atoms with E-state index in [0.29, 0.717) is 6.42 Å². The molecule has 0 bridgehead atoms. The SMILES string of the molecule is CCCC(N)C(=O)Nc1ccc(C(F)(F)F)cc1Cl. The second-order valence-electron chi connectivity index (χ2n) is 4.08. The first kappa shape index (κ1) is 15.8. The van der Waals surface area contributed by atoms with Crippen LogP contribution in [0.2, 0.25) is 5.02 Å². The van der Waals surface area contributed by atoms with Gasteiger partial charge in [0.2, 0.25) is 5.91 Å². The predicted octanol–water partition coefficient (Wildman–Crippen LogP) is 3.42. The van der Waals surface area contributed by atoms with Gasteiger partial charge in [0.25, 0.3) is 0 Å². The zero-order valence-corrected chi connectivity index (χ0v) is 11.0. The Bertz CT molecular complexity index is 463. The van der Waals surface area contributed by atoms with Gasteiger partial charge in [-0.3, -0.25) is 4.79 Å². The van der Waals surface area contributed by atoms with Crippen molar-refractivity contribution in [3.63, 3.8) is 0 Å². The summed E-state index contributed by atoms with van der Waals surface area (Å²) in [4.78, 5) is 11.6. The minimum atomic E-state index is -4.47. The molecule has 0 fully saturated rings. The van der Waals surface area contributed by atoms with E-state index in [-0.39, 0.29) is 10.7 Å². The van der Waals surface area contributed by atoms with Crippen LogP contribution in [0.15, 0.2) is 18.2 Å². The molecule has 0 aliphatic heterocycles. The smallest absolute Gasteiger partial charge is 0.323 e. The molecule has 1 aromatic rings. The molecule has 3 N–H and O–H groups in total. The molecule has 1 aromatic carbocycles. The highest BCUT2D eigenvalue weighted by Crippen LogP contribution is 2.33. The molecule has 0 spiro atoms. The number of nitrogens with one attached hydrogen (secondary N) is 1. The first-order chi connectivity index (χ1) is 8.75. The summed E-state index contributed by atoms with van der Waals surface area (Å²) in [5.74, 6) is -0.469. The molecule has 0 aliphatic rings. The first-order valence-corrected chi connectivity index (χ1v) is 6.06. The molecular formula is C12H14ClF3N2O. The molecule has 1 amide bonds. The average molecular weight is 295 g/mol. The van der Waals surface area contributed by atoms with Crippen molar-refractivity contribution in [3.05, 3.63) is 28.8 Å². The van der Waals surface area contributed by atoms with Crippen molar-refractivity contribution in [1.29, 1.82) is 0 Å². The Morgan fingerprint density at radius 2 is 2.11 bits per heavy atom. The second-order valence-corrected chi connectivity index (χ2v) is 4.48. The van der Waals surface area contributed by atoms with Crippen LogP contribution in [0.3, 0.4) is 0 Å². The van der Waals surface area contributed by atoms with Crippen LogP contribution in [0, 0.1) is 0 Å². The monoisotopic (exact) mass is 294 g/mol. The summed E-state index contributed by atoms with van der Waals surface area (Å²) in [7, 11) is 0. The molecule has 1 unspecified atom stereocenters. The molecule has 3 nitrogen and oxygen atoms in total. The molecule has 0 saturated heterocycles. The number of amides is 1. The van der Waals surface area contributed by atoms with Gasteiger partial charge in [-0.05, 0) is 24.6 Å². The molecule has 0 heterocycles. The lowest BCUT2D eigenvalue weighted by Crippen LogP contribution is -2.35. The predicted molar refractivity (Wildman–Crippen MR) is 68.0 cm³/mol. The molecule has 106 valence electrons. The van der Waals surface area contributed by atoms with Crippen LogP contribution in [0.25, 0.3) is 0 Å². The summed E-state index contributed by atoms with van der Waals surface area (Å²) < 4.78 is 37.3. The normalized spacial score (nSPS) is 13.2. The fraction of sp³-hybridized carbons (Fsp3) is 0.417. The lowest BCUT2D eigenvalue weighted by molar-refractivity contribution is -0.137. The molecule has 19 heavy (non-hydrogen) atoms. The molecule has 1 atom stereocenters. The van der Waals surface area contributed by atoms with Crippen molar-refractivity contribution in [2.45, 2.75) is 32.0 Å². The quantitative estimate of drug-likeness (QED) is 0.894. The van der Waals surface area contributed by atoms with Gasteiger partial charge in [-0.1, -0.05) is 24.9 Å². The van der Waals surface area contributed by atoms with Crippen molar-refractivity contribution >= 4 is 23.2 Å². The number of carbonyl (C=O) groups is 1. The number of carbonyl (C=O) groups excluding carboxylic acids is 1. The maximum atomic E-state index is 12.4. The van der Waals surface area contributed by atoms with Crippen LogP contribution in [-0.4, -0.2) is 11.9 Å². The summed E-state index contributed by atoms with van der Waals surface area (Å²) in [6.45, 7) is 1.87. The van der Waals surface area contributed by atoms with Gasteiger partial charge >= 0.3 is 6.18 Å².